The van der Waals surface area contributed by atoms with Gasteiger partial charge in [0.05, 0.1) is 18.2 Å². The lowest BCUT2D eigenvalue weighted by Gasteiger charge is -2.06. The Kier molecular flexibility index (Phi) is 6.31. The van der Waals surface area contributed by atoms with Crippen LogP contribution in [-0.2, 0) is 9.59 Å². The van der Waals surface area contributed by atoms with E-state index in [0.717, 1.165) is 5.69 Å². The predicted molar refractivity (Wildman–Crippen MR) is 70.1 cm³/mol. The monoisotopic (exact) mass is 266 g/mol. The van der Waals surface area contributed by atoms with Gasteiger partial charge in [-0.3, -0.25) is 9.59 Å². The summed E-state index contributed by atoms with van der Waals surface area (Å²) in [5.74, 6) is -1.19. The molecule has 104 valence electrons. The minimum absolute atomic E-state index is 0.197. The fraction of sp³-hybridized carbons (Fsp3) is 0.417. The number of carboxylic acids is 1. The number of carboxylic acid groups (broad SMARTS) is 1. The number of hydrogen-bond donors (Lipinski definition) is 4. The van der Waals surface area contributed by atoms with Crippen molar-refractivity contribution in [1.82, 2.24) is 15.3 Å². The Hall–Kier alpha value is -2.15. The Bertz CT molecular complexity index is 428. The second kappa shape index (κ2) is 8.04. The highest BCUT2D eigenvalue weighted by Crippen LogP contribution is 1.98. The van der Waals surface area contributed by atoms with Gasteiger partial charge in [0.1, 0.15) is 6.04 Å². The van der Waals surface area contributed by atoms with Crippen LogP contribution in [-0.4, -0.2) is 39.5 Å². The summed E-state index contributed by atoms with van der Waals surface area (Å²) in [6.45, 7) is 0.499. The molecule has 1 aromatic rings. The maximum absolute atomic E-state index is 11.4. The number of carbonyl (C=O) groups excluding carboxylic acids is 1. The summed E-state index contributed by atoms with van der Waals surface area (Å²) >= 11 is 0. The van der Waals surface area contributed by atoms with Crippen molar-refractivity contribution in [3.05, 3.63) is 24.3 Å². The first-order valence-electron chi connectivity index (χ1n) is 6.02. The number of rotatable bonds is 8. The van der Waals surface area contributed by atoms with Gasteiger partial charge in [-0.1, -0.05) is 0 Å². The molecule has 5 N–H and O–H groups in total. The maximum atomic E-state index is 11.4. The molecule has 0 fully saturated rings. The number of hydrogen-bond acceptors (Lipinski definition) is 4. The zero-order chi connectivity index (χ0) is 14.1. The van der Waals surface area contributed by atoms with E-state index >= 15 is 0 Å². The van der Waals surface area contributed by atoms with Gasteiger partial charge in [-0.2, -0.15) is 0 Å². The van der Waals surface area contributed by atoms with Crippen LogP contribution in [0.15, 0.2) is 18.6 Å². The fourth-order valence-corrected chi connectivity index (χ4v) is 1.41. The molecule has 1 atom stereocenters. The zero-order valence-electron chi connectivity index (χ0n) is 10.5. The van der Waals surface area contributed by atoms with Crippen LogP contribution in [0, 0.1) is 0 Å². The summed E-state index contributed by atoms with van der Waals surface area (Å²) in [5.41, 5.74) is 6.11. The number of carbonyl (C=O) groups is 2. The van der Waals surface area contributed by atoms with E-state index in [2.05, 4.69) is 15.3 Å². The Morgan fingerprint density at radius 2 is 2.32 bits per heavy atom. The summed E-state index contributed by atoms with van der Waals surface area (Å²) in [6.07, 6.45) is 7.96. The molecule has 19 heavy (non-hydrogen) atoms. The Morgan fingerprint density at radius 3 is 2.95 bits per heavy atom. The third-order valence-corrected chi connectivity index (χ3v) is 2.49. The van der Waals surface area contributed by atoms with Crippen LogP contribution >= 0.6 is 0 Å². The molecule has 0 aliphatic rings. The molecule has 0 saturated heterocycles. The van der Waals surface area contributed by atoms with E-state index in [1.54, 1.807) is 12.3 Å². The van der Waals surface area contributed by atoms with E-state index < -0.39 is 12.0 Å². The number of aromatic nitrogens is 2. The molecule has 0 aliphatic carbocycles. The largest absolute Gasteiger partial charge is 0.480 e. The maximum Gasteiger partial charge on any atom is 0.320 e. The van der Waals surface area contributed by atoms with Gasteiger partial charge in [0.25, 0.3) is 0 Å². The molecule has 0 aliphatic heterocycles. The molecule has 0 saturated carbocycles. The lowest BCUT2D eigenvalue weighted by molar-refractivity contribution is -0.138. The van der Waals surface area contributed by atoms with Crippen LogP contribution in [0.3, 0.4) is 0 Å². The van der Waals surface area contributed by atoms with E-state index in [1.807, 2.05) is 0 Å². The number of unbranched alkanes of at least 4 members (excludes halogenated alkanes) is 1. The average Bonchev–Trinajstić information content (AvgIpc) is 2.88. The lowest BCUT2D eigenvalue weighted by atomic mass is 10.1. The summed E-state index contributed by atoms with van der Waals surface area (Å²) in [7, 11) is 0. The van der Waals surface area contributed by atoms with Gasteiger partial charge in [0.15, 0.2) is 0 Å². The third kappa shape index (κ3) is 6.37. The number of nitrogens with two attached hydrogens (primary N) is 1. The van der Waals surface area contributed by atoms with E-state index in [0.29, 0.717) is 25.8 Å². The third-order valence-electron chi connectivity index (χ3n) is 2.49. The van der Waals surface area contributed by atoms with Gasteiger partial charge in [-0.15, -0.1) is 0 Å². The van der Waals surface area contributed by atoms with Crippen molar-refractivity contribution in [2.45, 2.75) is 25.3 Å². The Labute approximate surface area is 110 Å². The number of nitrogens with zero attached hydrogens (tertiary/aromatic N) is 1. The van der Waals surface area contributed by atoms with Crippen LogP contribution in [0.5, 0.6) is 0 Å². The molecule has 0 radical (unpaired) electrons. The second-order valence-electron chi connectivity index (χ2n) is 4.07. The smallest absolute Gasteiger partial charge is 0.320 e. The van der Waals surface area contributed by atoms with Crippen molar-refractivity contribution in [3.8, 4) is 0 Å². The highest BCUT2D eigenvalue weighted by atomic mass is 16.4. The molecule has 7 heteroatoms. The van der Waals surface area contributed by atoms with E-state index in [4.69, 9.17) is 10.8 Å². The minimum atomic E-state index is -0.994. The van der Waals surface area contributed by atoms with E-state index in [-0.39, 0.29) is 5.91 Å². The van der Waals surface area contributed by atoms with E-state index in [9.17, 15) is 9.59 Å². The number of aliphatic carboxylic acids is 1. The highest BCUT2D eigenvalue weighted by molar-refractivity contribution is 5.91. The standard InChI is InChI=1S/C12H18N4O3/c13-10(12(18)19)3-1-2-6-15-11(17)5-4-9-7-14-8-16-9/h4-5,7-8,10H,1-3,6,13H2,(H,14,16)(H,15,17)(H,18,19). The van der Waals surface area contributed by atoms with Crippen LogP contribution in [0.2, 0.25) is 0 Å². The molecule has 0 spiro atoms. The lowest BCUT2D eigenvalue weighted by Crippen LogP contribution is -2.30. The molecule has 1 amide bonds. The van der Waals surface area contributed by atoms with Gasteiger partial charge in [0, 0.05) is 12.6 Å². The van der Waals surface area contributed by atoms with Gasteiger partial charge in [-0.25, -0.2) is 4.98 Å². The summed E-state index contributed by atoms with van der Waals surface area (Å²) in [5, 5.41) is 11.3. The normalized spacial score (nSPS) is 12.5. The van der Waals surface area contributed by atoms with Gasteiger partial charge < -0.3 is 21.1 Å². The Balaban J connectivity index is 2.09. The SMILES string of the molecule is NC(CCCCNC(=O)C=Cc1cnc[nH]1)C(=O)O. The van der Waals surface area contributed by atoms with Crippen molar-refractivity contribution in [3.63, 3.8) is 0 Å². The summed E-state index contributed by atoms with van der Waals surface area (Å²) in [6, 6.07) is -0.823. The van der Waals surface area contributed by atoms with E-state index in [1.165, 1.54) is 12.4 Å². The molecule has 0 aromatic carbocycles. The summed E-state index contributed by atoms with van der Waals surface area (Å²) in [4.78, 5) is 28.5. The predicted octanol–water partition coefficient (Wildman–Crippen LogP) is 0.121. The zero-order valence-corrected chi connectivity index (χ0v) is 10.5. The van der Waals surface area contributed by atoms with Crippen molar-refractivity contribution in [2.24, 2.45) is 5.73 Å². The summed E-state index contributed by atoms with van der Waals surface area (Å²) < 4.78 is 0. The number of nitrogens with one attached hydrogen (secondary N) is 2. The first-order chi connectivity index (χ1) is 9.09. The van der Waals surface area contributed by atoms with Crippen molar-refractivity contribution in [1.29, 1.82) is 0 Å². The topological polar surface area (TPSA) is 121 Å². The molecular formula is C12H18N4O3. The molecule has 1 heterocycles. The number of imidazole rings is 1. The molecule has 0 bridgehead atoms. The number of aromatic amines is 1. The van der Waals surface area contributed by atoms with Crippen LogP contribution in [0.4, 0.5) is 0 Å². The molecular weight excluding hydrogens is 248 g/mol. The molecule has 1 unspecified atom stereocenters. The van der Waals surface area contributed by atoms with Crippen LogP contribution in [0.1, 0.15) is 25.0 Å². The van der Waals surface area contributed by atoms with Crippen molar-refractivity contribution in [2.75, 3.05) is 6.54 Å². The average molecular weight is 266 g/mol. The highest BCUT2D eigenvalue weighted by Gasteiger charge is 2.09. The van der Waals surface area contributed by atoms with Crippen LogP contribution < -0.4 is 11.1 Å². The quantitative estimate of drug-likeness (QED) is 0.393. The van der Waals surface area contributed by atoms with Gasteiger partial charge in [0.2, 0.25) is 5.91 Å². The second-order valence-corrected chi connectivity index (χ2v) is 4.07. The fourth-order valence-electron chi connectivity index (χ4n) is 1.41. The van der Waals surface area contributed by atoms with Crippen LogP contribution in [0.25, 0.3) is 6.08 Å². The molecule has 1 rings (SSSR count). The van der Waals surface area contributed by atoms with Crippen molar-refractivity contribution < 1.29 is 14.7 Å². The number of H-pyrrole nitrogens is 1. The Morgan fingerprint density at radius 1 is 1.53 bits per heavy atom. The minimum Gasteiger partial charge on any atom is -0.480 e. The van der Waals surface area contributed by atoms with Gasteiger partial charge in [-0.05, 0) is 25.3 Å². The van der Waals surface area contributed by atoms with Gasteiger partial charge >= 0.3 is 5.97 Å². The number of amides is 1. The van der Waals surface area contributed by atoms with Crippen molar-refractivity contribution >= 4 is 18.0 Å². The first-order valence-corrected chi connectivity index (χ1v) is 6.02. The molecule has 7 nitrogen and oxygen atoms in total. The molecule has 1 aromatic heterocycles. The first kappa shape index (κ1) is 14.9.